The van der Waals surface area contributed by atoms with E-state index in [1.165, 1.54) is 6.07 Å². The van der Waals surface area contributed by atoms with Crippen molar-refractivity contribution in [2.45, 2.75) is 56.4 Å². The Hall–Kier alpha value is -3.42. The van der Waals surface area contributed by atoms with Crippen molar-refractivity contribution in [3.63, 3.8) is 0 Å². The lowest BCUT2D eigenvalue weighted by Crippen LogP contribution is -2.59. The van der Waals surface area contributed by atoms with Crippen LogP contribution in [0.2, 0.25) is 10.0 Å². The quantitative estimate of drug-likeness (QED) is 0.250. The zero-order valence-electron chi connectivity index (χ0n) is 24.1. The molecule has 3 aromatic rings. The molecule has 0 radical (unpaired) electrons. The van der Waals surface area contributed by atoms with Gasteiger partial charge in [0.15, 0.2) is 0 Å². The molecule has 2 fully saturated rings. The van der Waals surface area contributed by atoms with E-state index in [2.05, 4.69) is 4.72 Å². The molecular formula is C33H33Cl2N3O5S. The highest BCUT2D eigenvalue weighted by Crippen LogP contribution is 2.54. The van der Waals surface area contributed by atoms with Crippen molar-refractivity contribution in [2.75, 3.05) is 6.54 Å². The van der Waals surface area contributed by atoms with Gasteiger partial charge in [-0.05, 0) is 78.3 Å². The van der Waals surface area contributed by atoms with Crippen LogP contribution >= 0.6 is 23.2 Å². The first-order valence-electron chi connectivity index (χ1n) is 14.4. The van der Waals surface area contributed by atoms with E-state index in [4.69, 9.17) is 23.2 Å². The van der Waals surface area contributed by atoms with Crippen LogP contribution in [0.1, 0.15) is 66.8 Å². The number of nitrogens with zero attached hydrogens (tertiary/aromatic N) is 2. The van der Waals surface area contributed by atoms with Gasteiger partial charge in [0.1, 0.15) is 0 Å². The Bertz CT molecular complexity index is 1700. The average molecular weight is 655 g/mol. The number of halogens is 2. The predicted octanol–water partition coefficient (Wildman–Crippen LogP) is 6.30. The fraction of sp³-hybridized carbons (Fsp3) is 0.364. The predicted molar refractivity (Wildman–Crippen MR) is 169 cm³/mol. The zero-order chi connectivity index (χ0) is 31.6. The van der Waals surface area contributed by atoms with E-state index in [0.29, 0.717) is 21.2 Å². The Morgan fingerprint density at radius 3 is 2.41 bits per heavy atom. The van der Waals surface area contributed by atoms with Crippen LogP contribution in [0.5, 0.6) is 0 Å². The number of sulfonamides is 1. The van der Waals surface area contributed by atoms with E-state index in [-0.39, 0.29) is 42.9 Å². The number of amides is 1. The average Bonchev–Trinajstić information content (AvgIpc) is 3.81. The molecule has 0 aromatic heterocycles. The summed E-state index contributed by atoms with van der Waals surface area (Å²) in [6.07, 6.45) is 1.52. The summed E-state index contributed by atoms with van der Waals surface area (Å²) in [5, 5.41) is 20.2. The first-order valence-corrected chi connectivity index (χ1v) is 16.8. The highest BCUT2D eigenvalue weighted by molar-refractivity contribution is 7.88. The molecule has 0 spiro atoms. The normalized spacial score (nSPS) is 22.8. The van der Waals surface area contributed by atoms with Crippen molar-refractivity contribution in [1.82, 2.24) is 9.62 Å². The second kappa shape index (κ2) is 12.9. The number of rotatable bonds is 11. The summed E-state index contributed by atoms with van der Waals surface area (Å²) < 4.78 is 29.3. The SMILES string of the molecule is C[C@]1(CC(=O)O)C[C@H](c2cccc(Cl)c2)[C@@H](c2ccc(Cl)cc2)N(C(CNS(=O)(=O)Cc2cccc(C#N)c2)C2CC2)C1=O. The van der Waals surface area contributed by atoms with E-state index in [1.807, 2.05) is 36.4 Å². The molecule has 1 saturated carbocycles. The molecule has 5 rings (SSSR count). The Morgan fingerprint density at radius 2 is 1.77 bits per heavy atom. The van der Waals surface area contributed by atoms with Gasteiger partial charge in [-0.2, -0.15) is 5.26 Å². The van der Waals surface area contributed by atoms with Gasteiger partial charge in [-0.15, -0.1) is 0 Å². The highest BCUT2D eigenvalue weighted by Gasteiger charge is 2.54. The fourth-order valence-corrected chi connectivity index (χ4v) is 7.90. The minimum atomic E-state index is -3.85. The minimum absolute atomic E-state index is 0.0329. The number of nitrogens with one attached hydrogen (secondary N) is 1. The number of nitriles is 1. The Balaban J connectivity index is 1.56. The van der Waals surface area contributed by atoms with E-state index in [0.717, 1.165) is 24.0 Å². The van der Waals surface area contributed by atoms with Crippen LogP contribution in [-0.2, 0) is 25.4 Å². The van der Waals surface area contributed by atoms with Gasteiger partial charge in [0, 0.05) is 28.5 Å². The van der Waals surface area contributed by atoms with Crippen molar-refractivity contribution in [2.24, 2.45) is 11.3 Å². The van der Waals surface area contributed by atoms with Crippen LogP contribution < -0.4 is 4.72 Å². The van der Waals surface area contributed by atoms with Gasteiger partial charge in [0.05, 0.1) is 35.3 Å². The van der Waals surface area contributed by atoms with E-state index >= 15 is 0 Å². The summed E-state index contributed by atoms with van der Waals surface area (Å²) in [6.45, 7) is 1.65. The molecule has 8 nitrogen and oxygen atoms in total. The molecule has 1 amide bonds. The van der Waals surface area contributed by atoms with E-state index in [1.54, 1.807) is 48.2 Å². The largest absolute Gasteiger partial charge is 0.481 e. The summed E-state index contributed by atoms with van der Waals surface area (Å²) in [6, 6.07) is 22.0. The number of carbonyl (C=O) groups is 2. The first kappa shape index (κ1) is 32.0. The van der Waals surface area contributed by atoms with Crippen molar-refractivity contribution in [1.29, 1.82) is 5.26 Å². The summed E-state index contributed by atoms with van der Waals surface area (Å²) in [4.78, 5) is 28.4. The number of carboxylic acids is 1. The van der Waals surface area contributed by atoms with Gasteiger partial charge in [-0.3, -0.25) is 9.59 Å². The second-order valence-corrected chi connectivity index (χ2v) is 14.7. The molecule has 11 heteroatoms. The molecule has 44 heavy (non-hydrogen) atoms. The van der Waals surface area contributed by atoms with Gasteiger partial charge >= 0.3 is 5.97 Å². The number of hydrogen-bond donors (Lipinski definition) is 2. The summed E-state index contributed by atoms with van der Waals surface area (Å²) in [7, 11) is -3.85. The maximum absolute atomic E-state index is 14.5. The monoisotopic (exact) mass is 653 g/mol. The Labute approximate surface area is 267 Å². The number of likely N-dealkylation sites (tertiary alicyclic amines) is 1. The van der Waals surface area contributed by atoms with Gasteiger partial charge in [-0.1, -0.05) is 66.5 Å². The van der Waals surface area contributed by atoms with Crippen LogP contribution in [-0.4, -0.2) is 42.9 Å². The van der Waals surface area contributed by atoms with E-state index in [9.17, 15) is 28.4 Å². The molecule has 230 valence electrons. The smallest absolute Gasteiger partial charge is 0.304 e. The van der Waals surface area contributed by atoms with Gasteiger partial charge < -0.3 is 10.0 Å². The molecule has 4 atom stereocenters. The minimum Gasteiger partial charge on any atom is -0.481 e. The fourth-order valence-electron chi connectivity index (χ4n) is 6.43. The molecule has 1 heterocycles. The Morgan fingerprint density at radius 1 is 1.07 bits per heavy atom. The lowest BCUT2D eigenvalue weighted by atomic mass is 9.67. The van der Waals surface area contributed by atoms with Crippen molar-refractivity contribution in [3.05, 3.63) is 105 Å². The third kappa shape index (κ3) is 7.27. The van der Waals surface area contributed by atoms with Crippen molar-refractivity contribution in [3.8, 4) is 6.07 Å². The van der Waals surface area contributed by atoms with Crippen molar-refractivity contribution < 1.29 is 23.1 Å². The number of piperidine rings is 1. The first-order chi connectivity index (χ1) is 20.9. The summed E-state index contributed by atoms with van der Waals surface area (Å²) in [5.41, 5.74) is 1.27. The zero-order valence-corrected chi connectivity index (χ0v) is 26.4. The number of carbonyl (C=O) groups excluding carboxylic acids is 1. The lowest BCUT2D eigenvalue weighted by molar-refractivity contribution is -0.161. The van der Waals surface area contributed by atoms with Crippen LogP contribution in [0.4, 0.5) is 0 Å². The molecular weight excluding hydrogens is 621 g/mol. The third-order valence-corrected chi connectivity index (χ3v) is 10.4. The molecule has 1 saturated heterocycles. The number of benzene rings is 3. The van der Waals surface area contributed by atoms with Crippen LogP contribution in [0.15, 0.2) is 72.8 Å². The molecule has 2 aliphatic rings. The maximum Gasteiger partial charge on any atom is 0.304 e. The summed E-state index contributed by atoms with van der Waals surface area (Å²) in [5.74, 6) is -2.03. The number of carboxylic acid groups (broad SMARTS) is 1. The Kier molecular flexibility index (Phi) is 9.38. The maximum atomic E-state index is 14.5. The standard InChI is InChI=1S/C33H33Cl2N3O5S/c1-33(17-30(39)40)16-28(25-6-3-7-27(35)15-25)31(24-10-12-26(34)13-11-24)38(32(33)41)29(23-8-9-23)19-37-44(42,43)20-22-5-2-4-21(14-22)18-36/h2-7,10-15,23,28-29,31,37H,8-9,16-17,19-20H2,1H3,(H,39,40)/t28-,29?,31-,33-/m1/s1. The molecule has 0 bridgehead atoms. The van der Waals surface area contributed by atoms with Gasteiger partial charge in [0.25, 0.3) is 0 Å². The molecule has 1 aliphatic heterocycles. The van der Waals surface area contributed by atoms with Crippen molar-refractivity contribution >= 4 is 45.1 Å². The lowest BCUT2D eigenvalue weighted by Gasteiger charge is -2.52. The second-order valence-electron chi connectivity index (χ2n) is 12.0. The van der Waals surface area contributed by atoms with Crippen LogP contribution in [0.3, 0.4) is 0 Å². The number of hydrogen-bond acceptors (Lipinski definition) is 5. The molecule has 2 N–H and O–H groups in total. The molecule has 1 unspecified atom stereocenters. The van der Waals surface area contributed by atoms with Gasteiger partial charge in [0.2, 0.25) is 15.9 Å². The topological polar surface area (TPSA) is 128 Å². The van der Waals surface area contributed by atoms with E-state index < -0.39 is 33.5 Å². The number of aliphatic carboxylic acids is 1. The molecule has 3 aromatic carbocycles. The summed E-state index contributed by atoms with van der Waals surface area (Å²) >= 11 is 12.7. The third-order valence-electron chi connectivity index (χ3n) is 8.58. The van der Waals surface area contributed by atoms with Crippen LogP contribution in [0.25, 0.3) is 0 Å². The van der Waals surface area contributed by atoms with Crippen LogP contribution in [0, 0.1) is 22.7 Å². The highest BCUT2D eigenvalue weighted by atomic mass is 35.5. The van der Waals surface area contributed by atoms with Gasteiger partial charge in [-0.25, -0.2) is 13.1 Å². The molecule has 1 aliphatic carbocycles.